The Balaban J connectivity index is 1.66. The van der Waals surface area contributed by atoms with Crippen LogP contribution < -0.4 is 0 Å². The molecule has 0 aromatic heterocycles. The molecular formula is C28H48O19. The van der Waals surface area contributed by atoms with E-state index in [2.05, 4.69) is 0 Å². The number of Topliss-reactive ketones (excluding diaryl/α,β-unsaturated/α-hetero) is 2. The normalized spacial score (nSPS) is 41.1. The summed E-state index contributed by atoms with van der Waals surface area (Å²) < 4.78 is 38.2. The van der Waals surface area contributed by atoms with E-state index in [-0.39, 0.29) is 44.2 Å². The molecule has 0 saturated carbocycles. The highest BCUT2D eigenvalue weighted by molar-refractivity contribution is 5.81. The van der Waals surface area contributed by atoms with E-state index in [9.17, 15) is 60.7 Å². The first kappa shape index (κ1) is 40.1. The molecule has 0 bridgehead atoms. The summed E-state index contributed by atoms with van der Waals surface area (Å²) in [5.41, 5.74) is 0. The lowest BCUT2D eigenvalue weighted by atomic mass is 9.96. The molecule has 0 unspecified atom stereocenters. The number of aliphatic hydroxyl groups excluding tert-OH is 10. The Morgan fingerprint density at radius 1 is 0.596 bits per heavy atom. The molecule has 3 saturated heterocycles. The van der Waals surface area contributed by atoms with Gasteiger partial charge >= 0.3 is 0 Å². The Morgan fingerprint density at radius 3 is 1.68 bits per heavy atom. The minimum absolute atomic E-state index is 0.0120. The molecule has 3 aliphatic heterocycles. The number of carbonyl (C=O) groups is 2. The van der Waals surface area contributed by atoms with Gasteiger partial charge in [-0.2, -0.15) is 0 Å². The van der Waals surface area contributed by atoms with Crippen molar-refractivity contribution in [2.24, 2.45) is 0 Å². The first-order valence-corrected chi connectivity index (χ1v) is 15.5. The van der Waals surface area contributed by atoms with E-state index in [0.29, 0.717) is 12.8 Å². The molecule has 0 aliphatic carbocycles. The van der Waals surface area contributed by atoms with Gasteiger partial charge in [0.2, 0.25) is 0 Å². The number of carbonyl (C=O) groups excluding carboxylic acids is 2. The fourth-order valence-electron chi connectivity index (χ4n) is 5.24. The highest BCUT2D eigenvalue weighted by atomic mass is 16.7. The Bertz CT molecular complexity index is 953. The molecule has 0 aromatic rings. The smallest absolute Gasteiger partial charge is 0.187 e. The minimum atomic E-state index is -1.89. The van der Waals surface area contributed by atoms with Gasteiger partial charge in [0.05, 0.1) is 26.4 Å². The monoisotopic (exact) mass is 688 g/mol. The number of ketones is 2. The lowest BCUT2D eigenvalue weighted by molar-refractivity contribution is -0.366. The van der Waals surface area contributed by atoms with Gasteiger partial charge in [0.1, 0.15) is 86.5 Å². The highest BCUT2D eigenvalue weighted by Gasteiger charge is 2.52. The van der Waals surface area contributed by atoms with E-state index in [1.807, 2.05) is 6.92 Å². The van der Waals surface area contributed by atoms with Gasteiger partial charge in [0.15, 0.2) is 30.4 Å². The maximum atomic E-state index is 12.1. The van der Waals surface area contributed by atoms with Crippen molar-refractivity contribution in [1.82, 2.24) is 0 Å². The summed E-state index contributed by atoms with van der Waals surface area (Å²) in [5.74, 6) is -0.437. The van der Waals surface area contributed by atoms with Crippen LogP contribution in [0.4, 0.5) is 0 Å². The molecule has 0 aromatic carbocycles. The van der Waals surface area contributed by atoms with Crippen LogP contribution in [0.1, 0.15) is 32.6 Å². The topological polar surface area (TPSA) is 301 Å². The summed E-state index contributed by atoms with van der Waals surface area (Å²) in [6.07, 6.45) is -23.8. The Morgan fingerprint density at radius 2 is 1.11 bits per heavy atom. The van der Waals surface area contributed by atoms with Gasteiger partial charge in [0, 0.05) is 12.8 Å². The molecule has 0 radical (unpaired) electrons. The van der Waals surface area contributed by atoms with Crippen molar-refractivity contribution in [1.29, 1.82) is 0 Å². The van der Waals surface area contributed by atoms with Gasteiger partial charge in [-0.1, -0.05) is 6.92 Å². The molecule has 0 amide bonds. The van der Waals surface area contributed by atoms with Gasteiger partial charge in [-0.15, -0.1) is 0 Å². The van der Waals surface area contributed by atoms with E-state index in [1.165, 1.54) is 0 Å². The lowest BCUT2D eigenvalue weighted by Crippen LogP contribution is -2.65. The van der Waals surface area contributed by atoms with Crippen LogP contribution in [-0.2, 0) is 42.7 Å². The van der Waals surface area contributed by atoms with Gasteiger partial charge < -0.3 is 84.2 Å². The molecule has 274 valence electrons. The second kappa shape index (κ2) is 19.2. The van der Waals surface area contributed by atoms with E-state index >= 15 is 0 Å². The van der Waals surface area contributed by atoms with E-state index in [0.717, 1.165) is 0 Å². The number of rotatable bonds is 18. The number of ether oxygens (including phenoxy) is 7. The van der Waals surface area contributed by atoms with Crippen molar-refractivity contribution in [3.63, 3.8) is 0 Å². The fourth-order valence-corrected chi connectivity index (χ4v) is 5.24. The van der Waals surface area contributed by atoms with Crippen molar-refractivity contribution < 1.29 is 93.8 Å². The van der Waals surface area contributed by atoms with Crippen molar-refractivity contribution in [3.8, 4) is 0 Å². The first-order valence-electron chi connectivity index (χ1n) is 15.5. The third-order valence-electron chi connectivity index (χ3n) is 7.99. The first-order chi connectivity index (χ1) is 22.3. The molecule has 0 spiro atoms. The van der Waals surface area contributed by atoms with E-state index in [4.69, 9.17) is 33.2 Å². The largest absolute Gasteiger partial charge is 0.394 e. The zero-order valence-electron chi connectivity index (χ0n) is 25.9. The number of hydrogen-bond donors (Lipinski definition) is 10. The van der Waals surface area contributed by atoms with Gasteiger partial charge in [-0.3, -0.25) is 9.59 Å². The van der Waals surface area contributed by atoms with Gasteiger partial charge in [-0.25, -0.2) is 0 Å². The molecule has 3 aliphatic rings. The van der Waals surface area contributed by atoms with Crippen LogP contribution in [0.25, 0.3) is 0 Å². The van der Waals surface area contributed by atoms with Crippen LogP contribution in [0.3, 0.4) is 0 Å². The third kappa shape index (κ3) is 10.6. The zero-order chi connectivity index (χ0) is 34.8. The highest BCUT2D eigenvalue weighted by Crippen LogP contribution is 2.31. The Kier molecular flexibility index (Phi) is 16.3. The SMILES string of the molecule is CCCC(=O)COCC(=O)CCCO[C@H]1O[C@H](CO[C@H]2O[C@H](CO)[C@@H](O)[C@H](O)[C@@H]2O)[C@@H](O)[C@H](O[C@H]2O[C@H](CO)[C@@H](O)[C@H](O)[C@@H]2O)[C@@H]1O. The van der Waals surface area contributed by atoms with Gasteiger partial charge in [-0.05, 0) is 12.8 Å². The maximum absolute atomic E-state index is 12.1. The van der Waals surface area contributed by atoms with Crippen molar-refractivity contribution in [3.05, 3.63) is 0 Å². The molecular weight excluding hydrogens is 640 g/mol. The van der Waals surface area contributed by atoms with Crippen LogP contribution in [0.15, 0.2) is 0 Å². The molecule has 10 N–H and O–H groups in total. The van der Waals surface area contributed by atoms with E-state index in [1.54, 1.807) is 0 Å². The molecule has 3 fully saturated rings. The average Bonchev–Trinajstić information content (AvgIpc) is 3.05. The van der Waals surface area contributed by atoms with Crippen LogP contribution in [-0.4, -0.2) is 194 Å². The summed E-state index contributed by atoms with van der Waals surface area (Å²) in [6, 6.07) is 0. The van der Waals surface area contributed by atoms with Crippen LogP contribution in [0, 0.1) is 0 Å². The van der Waals surface area contributed by atoms with Gasteiger partial charge in [0.25, 0.3) is 0 Å². The summed E-state index contributed by atoms with van der Waals surface area (Å²) in [4.78, 5) is 23.7. The molecule has 3 heterocycles. The summed E-state index contributed by atoms with van der Waals surface area (Å²) in [6.45, 7) is -0.891. The molecule has 19 nitrogen and oxygen atoms in total. The summed E-state index contributed by atoms with van der Waals surface area (Å²) in [7, 11) is 0. The van der Waals surface area contributed by atoms with Crippen molar-refractivity contribution >= 4 is 11.6 Å². The molecule has 19 heteroatoms. The van der Waals surface area contributed by atoms with Crippen LogP contribution in [0.5, 0.6) is 0 Å². The lowest BCUT2D eigenvalue weighted by Gasteiger charge is -2.46. The maximum Gasteiger partial charge on any atom is 0.187 e. The second-order valence-corrected chi connectivity index (χ2v) is 11.6. The van der Waals surface area contributed by atoms with Crippen LogP contribution in [0.2, 0.25) is 0 Å². The van der Waals surface area contributed by atoms with Crippen molar-refractivity contribution in [2.45, 2.75) is 125 Å². The predicted molar refractivity (Wildman–Crippen MR) is 150 cm³/mol. The summed E-state index contributed by atoms with van der Waals surface area (Å²) >= 11 is 0. The molecule has 47 heavy (non-hydrogen) atoms. The second-order valence-electron chi connectivity index (χ2n) is 11.6. The Hall–Kier alpha value is -1.34. The fraction of sp³-hybridized carbons (Fsp3) is 0.929. The molecule has 15 atom stereocenters. The number of hydrogen-bond acceptors (Lipinski definition) is 19. The third-order valence-corrected chi connectivity index (χ3v) is 7.99. The summed E-state index contributed by atoms with van der Waals surface area (Å²) in [5, 5.41) is 102. The average molecular weight is 689 g/mol. The quantitative estimate of drug-likeness (QED) is 0.0600. The Labute approximate surface area is 270 Å². The number of aliphatic hydroxyl groups is 10. The molecule has 3 rings (SSSR count). The standard InChI is InChI=1S/C28H48O19/c1-2-4-12(31)9-41-10-13(32)5-3-6-42-27-24(40)25(47-28-23(39)21(37)18(34)15(8-30)45-28)19(35)16(46-27)11-43-26-22(38)20(36)17(33)14(7-29)44-26/h14-30,33-40H,2-11H2,1H3/t14-,15-,16-,17-,18-,19-,20+,21+,22+,23+,24+,25+,26+,27+,28-/m1/s1. The van der Waals surface area contributed by atoms with Crippen molar-refractivity contribution in [2.75, 3.05) is 39.6 Å². The van der Waals surface area contributed by atoms with Crippen LogP contribution >= 0.6 is 0 Å². The predicted octanol–water partition coefficient (Wildman–Crippen LogP) is -5.81. The van der Waals surface area contributed by atoms with E-state index < -0.39 is 112 Å². The zero-order valence-corrected chi connectivity index (χ0v) is 25.9. The minimum Gasteiger partial charge on any atom is -0.394 e.